The fraction of sp³-hybridized carbons (Fsp3) is 0.200. The first-order valence-electron chi connectivity index (χ1n) is 6.90. The van der Waals surface area contributed by atoms with Crippen molar-refractivity contribution in [3.63, 3.8) is 0 Å². The molecule has 3 rings (SSSR count). The largest absolute Gasteiger partial charge is 0.346 e. The van der Waals surface area contributed by atoms with Crippen molar-refractivity contribution < 1.29 is 0 Å². The van der Waals surface area contributed by atoms with Crippen LogP contribution in [0.1, 0.15) is 18.5 Å². The minimum atomic E-state index is -0.0821. The van der Waals surface area contributed by atoms with E-state index >= 15 is 0 Å². The minimum Gasteiger partial charge on any atom is -0.346 e. The lowest BCUT2D eigenvalue weighted by atomic mass is 10.1. The molecular formula is C15H16N6O. The van der Waals surface area contributed by atoms with Crippen molar-refractivity contribution in [3.05, 3.63) is 58.6 Å². The van der Waals surface area contributed by atoms with E-state index in [1.54, 1.807) is 25.5 Å². The lowest BCUT2D eigenvalue weighted by Crippen LogP contribution is -2.18. The highest BCUT2D eigenvalue weighted by atomic mass is 16.1. The Hall–Kier alpha value is -2.96. The topological polar surface area (TPSA) is 88.5 Å². The molecule has 3 aromatic heterocycles. The van der Waals surface area contributed by atoms with E-state index in [0.29, 0.717) is 11.8 Å². The molecule has 0 aliphatic rings. The van der Waals surface area contributed by atoms with Gasteiger partial charge in [-0.25, -0.2) is 0 Å². The van der Waals surface area contributed by atoms with Gasteiger partial charge in [-0.15, -0.1) is 5.10 Å². The number of hydrogen-bond donors (Lipinski definition) is 2. The van der Waals surface area contributed by atoms with Crippen molar-refractivity contribution in [1.29, 1.82) is 0 Å². The molecular weight excluding hydrogens is 280 g/mol. The first-order valence-corrected chi connectivity index (χ1v) is 6.90. The highest BCUT2D eigenvalue weighted by Gasteiger charge is 2.11. The van der Waals surface area contributed by atoms with Crippen molar-refractivity contribution in [3.8, 4) is 11.5 Å². The molecule has 7 heteroatoms. The van der Waals surface area contributed by atoms with Crippen molar-refractivity contribution in [2.24, 2.45) is 7.05 Å². The summed E-state index contributed by atoms with van der Waals surface area (Å²) in [5.41, 5.74) is 1.56. The van der Waals surface area contributed by atoms with Gasteiger partial charge < -0.3 is 9.88 Å². The molecule has 3 aromatic rings. The maximum absolute atomic E-state index is 11.7. The second-order valence-electron chi connectivity index (χ2n) is 5.00. The number of hydrogen-bond acceptors (Lipinski definition) is 5. The Kier molecular flexibility index (Phi) is 3.69. The predicted octanol–water partition coefficient (Wildman–Crippen LogP) is 1.74. The van der Waals surface area contributed by atoms with Gasteiger partial charge in [0.2, 0.25) is 5.95 Å². The third-order valence-corrected chi connectivity index (χ3v) is 3.37. The SMILES string of the molecule is CC(Nc1n[nH]c(-c2ccccn2)n1)c1ccn(C)c(=O)c1. The van der Waals surface area contributed by atoms with Crippen LogP contribution >= 0.6 is 0 Å². The standard InChI is InChI=1S/C15H16N6O/c1-10(11-6-8-21(2)13(22)9-11)17-15-18-14(19-20-15)12-5-3-4-7-16-12/h3-10H,1-2H3,(H2,17,18,19,20). The van der Waals surface area contributed by atoms with Crippen molar-refractivity contribution in [1.82, 2.24) is 24.7 Å². The molecule has 0 fully saturated rings. The number of anilines is 1. The number of nitrogens with zero attached hydrogens (tertiary/aromatic N) is 4. The molecule has 0 saturated heterocycles. The average Bonchev–Trinajstić information content (AvgIpc) is 2.99. The van der Waals surface area contributed by atoms with Crippen LogP contribution in [-0.4, -0.2) is 24.7 Å². The van der Waals surface area contributed by atoms with Crippen LogP contribution in [0.4, 0.5) is 5.95 Å². The van der Waals surface area contributed by atoms with E-state index < -0.39 is 0 Å². The van der Waals surface area contributed by atoms with E-state index in [1.807, 2.05) is 31.2 Å². The number of H-pyrrole nitrogens is 1. The fourth-order valence-corrected chi connectivity index (χ4v) is 2.05. The molecule has 3 heterocycles. The molecule has 7 nitrogen and oxygen atoms in total. The molecule has 0 saturated carbocycles. The van der Waals surface area contributed by atoms with Crippen LogP contribution in [0, 0.1) is 0 Å². The first kappa shape index (κ1) is 14.0. The summed E-state index contributed by atoms with van der Waals surface area (Å²) in [6, 6.07) is 9.00. The average molecular weight is 296 g/mol. The highest BCUT2D eigenvalue weighted by molar-refractivity contribution is 5.50. The van der Waals surface area contributed by atoms with Crippen LogP contribution < -0.4 is 10.9 Å². The van der Waals surface area contributed by atoms with Gasteiger partial charge in [-0.2, -0.15) is 4.98 Å². The van der Waals surface area contributed by atoms with Crippen molar-refractivity contribution >= 4 is 5.95 Å². The van der Waals surface area contributed by atoms with Gasteiger partial charge in [-0.1, -0.05) is 6.07 Å². The molecule has 2 N–H and O–H groups in total. The quantitative estimate of drug-likeness (QED) is 0.765. The summed E-state index contributed by atoms with van der Waals surface area (Å²) in [5.74, 6) is 1.06. The molecule has 0 aliphatic carbocycles. The van der Waals surface area contributed by atoms with Gasteiger partial charge in [0.15, 0.2) is 5.82 Å². The van der Waals surface area contributed by atoms with Gasteiger partial charge in [0.05, 0.1) is 6.04 Å². The number of aryl methyl sites for hydroxylation is 1. The summed E-state index contributed by atoms with van der Waals surface area (Å²) < 4.78 is 1.53. The van der Waals surface area contributed by atoms with Gasteiger partial charge >= 0.3 is 0 Å². The van der Waals surface area contributed by atoms with Crippen LogP contribution in [0.5, 0.6) is 0 Å². The Balaban J connectivity index is 1.77. The lowest BCUT2D eigenvalue weighted by Gasteiger charge is -2.12. The molecule has 0 amide bonds. The van der Waals surface area contributed by atoms with Gasteiger partial charge in [0, 0.05) is 25.5 Å². The lowest BCUT2D eigenvalue weighted by molar-refractivity contribution is 0.814. The molecule has 112 valence electrons. The second-order valence-corrected chi connectivity index (χ2v) is 5.00. The van der Waals surface area contributed by atoms with Crippen molar-refractivity contribution in [2.75, 3.05) is 5.32 Å². The van der Waals surface area contributed by atoms with Gasteiger partial charge in [0.25, 0.3) is 5.56 Å². The molecule has 1 atom stereocenters. The Morgan fingerprint density at radius 1 is 1.32 bits per heavy atom. The van der Waals surface area contributed by atoms with Crippen LogP contribution in [0.15, 0.2) is 47.5 Å². The summed E-state index contributed by atoms with van der Waals surface area (Å²) in [4.78, 5) is 20.3. The minimum absolute atomic E-state index is 0.0460. The van der Waals surface area contributed by atoms with Crippen LogP contribution in [0.2, 0.25) is 0 Å². The smallest absolute Gasteiger partial charge is 0.250 e. The summed E-state index contributed by atoms with van der Waals surface area (Å²) in [6.45, 7) is 1.95. The van der Waals surface area contributed by atoms with E-state index in [0.717, 1.165) is 11.3 Å². The van der Waals surface area contributed by atoms with E-state index in [1.165, 1.54) is 4.57 Å². The summed E-state index contributed by atoms with van der Waals surface area (Å²) in [5, 5.41) is 10.1. The number of nitrogens with one attached hydrogen (secondary N) is 2. The monoisotopic (exact) mass is 296 g/mol. The predicted molar refractivity (Wildman–Crippen MR) is 83.3 cm³/mol. The summed E-state index contributed by atoms with van der Waals surface area (Å²) >= 11 is 0. The summed E-state index contributed by atoms with van der Waals surface area (Å²) in [6.07, 6.45) is 3.44. The Labute approximate surface area is 127 Å². The third kappa shape index (κ3) is 2.88. The fourth-order valence-electron chi connectivity index (χ4n) is 2.05. The van der Waals surface area contributed by atoms with Crippen LogP contribution in [0.3, 0.4) is 0 Å². The van der Waals surface area contributed by atoms with E-state index in [4.69, 9.17) is 0 Å². The van der Waals surface area contributed by atoms with Gasteiger partial charge in [-0.3, -0.25) is 14.9 Å². The number of aromatic amines is 1. The van der Waals surface area contributed by atoms with Crippen LogP contribution in [-0.2, 0) is 7.05 Å². The second kappa shape index (κ2) is 5.80. The van der Waals surface area contributed by atoms with E-state index in [-0.39, 0.29) is 11.6 Å². The zero-order valence-electron chi connectivity index (χ0n) is 12.3. The molecule has 0 aromatic carbocycles. The number of pyridine rings is 2. The molecule has 0 bridgehead atoms. The first-order chi connectivity index (χ1) is 10.6. The Morgan fingerprint density at radius 2 is 2.18 bits per heavy atom. The molecule has 0 aliphatic heterocycles. The molecule has 0 radical (unpaired) electrons. The maximum Gasteiger partial charge on any atom is 0.250 e. The van der Waals surface area contributed by atoms with Gasteiger partial charge in [0.1, 0.15) is 5.69 Å². The summed E-state index contributed by atoms with van der Waals surface area (Å²) in [7, 11) is 1.72. The number of aromatic nitrogens is 5. The highest BCUT2D eigenvalue weighted by Crippen LogP contribution is 2.17. The van der Waals surface area contributed by atoms with E-state index in [2.05, 4.69) is 25.5 Å². The normalized spacial score (nSPS) is 12.1. The zero-order valence-corrected chi connectivity index (χ0v) is 12.3. The van der Waals surface area contributed by atoms with Crippen molar-refractivity contribution in [2.45, 2.75) is 13.0 Å². The Bertz CT molecular complexity index is 823. The van der Waals surface area contributed by atoms with Crippen LogP contribution in [0.25, 0.3) is 11.5 Å². The van der Waals surface area contributed by atoms with E-state index in [9.17, 15) is 4.79 Å². The molecule has 22 heavy (non-hydrogen) atoms. The third-order valence-electron chi connectivity index (χ3n) is 3.37. The molecule has 1 unspecified atom stereocenters. The molecule has 0 spiro atoms. The Morgan fingerprint density at radius 3 is 2.91 bits per heavy atom. The maximum atomic E-state index is 11.7. The number of rotatable bonds is 4. The zero-order chi connectivity index (χ0) is 15.5. The van der Waals surface area contributed by atoms with Gasteiger partial charge in [-0.05, 0) is 30.7 Å².